The Kier molecular flexibility index (Phi) is 3.42. The van der Waals surface area contributed by atoms with Gasteiger partial charge in [-0.2, -0.15) is 25.3 Å². The molecular formula is H3O9PS3. The molecular weight excluding hydrogens is 271 g/mol. The lowest BCUT2D eigenvalue weighted by molar-refractivity contribution is 0.493. The lowest BCUT2D eigenvalue weighted by atomic mass is 15.9. The fourth-order valence-corrected chi connectivity index (χ4v) is 9.64. The molecule has 0 heterocycles. The summed E-state index contributed by atoms with van der Waals surface area (Å²) in [6, 6.07) is 0. The molecule has 0 atom stereocenters. The molecule has 9 nitrogen and oxygen atoms in total. The van der Waals surface area contributed by atoms with Gasteiger partial charge in [-0.05, 0) is 0 Å². The monoisotopic (exact) mass is 274 g/mol. The van der Waals surface area contributed by atoms with Crippen LogP contribution in [0.15, 0.2) is 0 Å². The van der Waals surface area contributed by atoms with Gasteiger partial charge in [-0.3, -0.25) is 13.7 Å². The van der Waals surface area contributed by atoms with E-state index < -0.39 is 34.7 Å². The molecule has 0 fully saturated rings. The maximum absolute atomic E-state index is 10.1. The van der Waals surface area contributed by atoms with E-state index in [4.69, 9.17) is 13.7 Å². The van der Waals surface area contributed by atoms with Crippen molar-refractivity contribution in [2.24, 2.45) is 0 Å². The van der Waals surface area contributed by atoms with Crippen molar-refractivity contribution in [1.82, 2.24) is 0 Å². The van der Waals surface area contributed by atoms with Crippen molar-refractivity contribution in [3.8, 4) is 0 Å². The lowest BCUT2D eigenvalue weighted by Gasteiger charge is -2.04. The molecule has 80 valence electrons. The summed E-state index contributed by atoms with van der Waals surface area (Å²) in [5.74, 6) is 0. The Bertz CT molecular complexity index is 397. The van der Waals surface area contributed by atoms with Crippen LogP contribution < -0.4 is 0 Å². The summed E-state index contributed by atoms with van der Waals surface area (Å²) >= 11 is 0. The minimum atomic E-state index is -5.59. The van der Waals surface area contributed by atoms with E-state index in [2.05, 4.69) is 0 Å². The quantitative estimate of drug-likeness (QED) is 0.427. The van der Waals surface area contributed by atoms with E-state index >= 15 is 0 Å². The van der Waals surface area contributed by atoms with Crippen molar-refractivity contribution in [3.05, 3.63) is 0 Å². The second-order valence-electron chi connectivity index (χ2n) is 1.57. The SMILES string of the molecule is O=S(=O)(O)P(S(=O)(=O)O)S(=O)(=O)O. The van der Waals surface area contributed by atoms with Crippen LogP contribution in [0.5, 0.6) is 0 Å². The Morgan fingerprint density at radius 1 is 0.615 bits per heavy atom. The zero-order valence-corrected chi connectivity index (χ0v) is 8.81. The van der Waals surface area contributed by atoms with Crippen LogP contribution in [-0.4, -0.2) is 38.9 Å². The second-order valence-corrected chi connectivity index (χ2v) is 14.2. The standard InChI is InChI=1S/H3O9PS3/c1-11(2,3)10(12(4,5)6)13(7,8)9/h(H,1,2,3)(H,4,5,6)(H,7,8,9). The van der Waals surface area contributed by atoms with Gasteiger partial charge in [-0.15, -0.1) is 0 Å². The maximum atomic E-state index is 10.1. The number of hydrogen-bond acceptors (Lipinski definition) is 6. The number of rotatable bonds is 3. The van der Waals surface area contributed by atoms with E-state index in [0.29, 0.717) is 0 Å². The van der Waals surface area contributed by atoms with Gasteiger partial charge in [0.2, 0.25) is 0 Å². The normalized spacial score (nSPS) is 14.8. The fraction of sp³-hybridized carbons (Fsp3) is 0. The molecule has 0 bridgehead atoms. The van der Waals surface area contributed by atoms with E-state index in [1.165, 1.54) is 0 Å². The summed E-state index contributed by atoms with van der Waals surface area (Å²) in [4.78, 5) is 0. The zero-order valence-electron chi connectivity index (χ0n) is 5.46. The maximum Gasteiger partial charge on any atom is 0.351 e. The summed E-state index contributed by atoms with van der Waals surface area (Å²) in [6.45, 7) is 0. The molecule has 0 saturated carbocycles. The van der Waals surface area contributed by atoms with E-state index in [0.717, 1.165) is 0 Å². The Morgan fingerprint density at radius 3 is 0.769 bits per heavy atom. The minimum Gasteiger partial charge on any atom is -0.281 e. The van der Waals surface area contributed by atoms with Gasteiger partial charge >= 0.3 is 34.7 Å². The molecule has 0 aromatic carbocycles. The van der Waals surface area contributed by atoms with Crippen LogP contribution in [0.25, 0.3) is 0 Å². The van der Waals surface area contributed by atoms with Gasteiger partial charge in [0.05, 0.1) is 0 Å². The van der Waals surface area contributed by atoms with Crippen LogP contribution >= 0.6 is 5.53 Å². The molecule has 0 rings (SSSR count). The molecule has 0 aliphatic heterocycles. The Morgan fingerprint density at radius 2 is 0.769 bits per heavy atom. The van der Waals surface area contributed by atoms with Gasteiger partial charge in [0.1, 0.15) is 0 Å². The molecule has 13 heteroatoms. The fourth-order valence-electron chi connectivity index (χ4n) is 0.357. The van der Waals surface area contributed by atoms with E-state index in [1.54, 1.807) is 0 Å². The van der Waals surface area contributed by atoms with E-state index in [1.807, 2.05) is 0 Å². The Balaban J connectivity index is 5.87. The van der Waals surface area contributed by atoms with Crippen LogP contribution in [-0.2, 0) is 29.2 Å². The molecule has 0 radical (unpaired) electrons. The molecule has 0 amide bonds. The van der Waals surface area contributed by atoms with Crippen molar-refractivity contribution in [3.63, 3.8) is 0 Å². The van der Waals surface area contributed by atoms with Gasteiger partial charge in [-0.25, -0.2) is 0 Å². The number of hydrogen-bond donors (Lipinski definition) is 3. The highest BCUT2D eigenvalue weighted by molar-refractivity contribution is 9.03. The molecule has 0 aromatic heterocycles. The summed E-state index contributed by atoms with van der Waals surface area (Å²) < 4.78 is 85.0. The van der Waals surface area contributed by atoms with Crippen molar-refractivity contribution in [2.75, 3.05) is 0 Å². The smallest absolute Gasteiger partial charge is 0.281 e. The van der Waals surface area contributed by atoms with Gasteiger partial charge in [-0.1, -0.05) is 0 Å². The van der Waals surface area contributed by atoms with Gasteiger partial charge in [0, 0.05) is 0 Å². The van der Waals surface area contributed by atoms with Crippen LogP contribution in [0.3, 0.4) is 0 Å². The van der Waals surface area contributed by atoms with Crippen molar-refractivity contribution in [2.45, 2.75) is 0 Å². The molecule has 0 saturated heterocycles. The molecule has 0 spiro atoms. The summed E-state index contributed by atoms with van der Waals surface area (Å²) in [7, 11) is -16.8. The average Bonchev–Trinajstić information content (AvgIpc) is 1.44. The summed E-state index contributed by atoms with van der Waals surface area (Å²) in [5.41, 5.74) is -4.40. The predicted molar refractivity (Wildman–Crippen MR) is 41.6 cm³/mol. The van der Waals surface area contributed by atoms with E-state index in [9.17, 15) is 25.3 Å². The molecule has 0 unspecified atom stereocenters. The van der Waals surface area contributed by atoms with E-state index in [-0.39, 0.29) is 0 Å². The second kappa shape index (κ2) is 3.38. The van der Waals surface area contributed by atoms with Crippen LogP contribution in [0.4, 0.5) is 0 Å². The van der Waals surface area contributed by atoms with Crippen molar-refractivity contribution in [1.29, 1.82) is 0 Å². The predicted octanol–water partition coefficient (Wildman–Crippen LogP) is -1.12. The molecule has 13 heavy (non-hydrogen) atoms. The Labute approximate surface area is 74.0 Å². The van der Waals surface area contributed by atoms with Crippen LogP contribution in [0.2, 0.25) is 0 Å². The zero-order chi connectivity index (χ0) is 11.1. The minimum absolute atomic E-state index is 4.40. The van der Waals surface area contributed by atoms with Gasteiger partial charge < -0.3 is 0 Å². The highest BCUT2D eigenvalue weighted by Gasteiger charge is 2.48. The molecule has 3 N–H and O–H groups in total. The first-order valence-electron chi connectivity index (χ1n) is 2.10. The third-order valence-corrected chi connectivity index (χ3v) is 15.3. The third kappa shape index (κ3) is 3.81. The van der Waals surface area contributed by atoms with Crippen LogP contribution in [0.1, 0.15) is 0 Å². The van der Waals surface area contributed by atoms with Gasteiger partial charge in [0.25, 0.3) is 0 Å². The first-order chi connectivity index (χ1) is 5.37. The van der Waals surface area contributed by atoms with Crippen LogP contribution in [0, 0.1) is 0 Å². The third-order valence-electron chi connectivity index (χ3n) is 0.565. The summed E-state index contributed by atoms with van der Waals surface area (Å²) in [6.07, 6.45) is 0. The first kappa shape index (κ1) is 13.2. The van der Waals surface area contributed by atoms with Crippen molar-refractivity contribution >= 4 is 34.7 Å². The average molecular weight is 274 g/mol. The molecule has 0 aliphatic rings. The Hall–Kier alpha value is 0.160. The topological polar surface area (TPSA) is 163 Å². The van der Waals surface area contributed by atoms with Crippen molar-refractivity contribution < 1.29 is 38.9 Å². The largest absolute Gasteiger partial charge is 0.351 e. The lowest BCUT2D eigenvalue weighted by Crippen LogP contribution is -2.12. The molecule has 0 aliphatic carbocycles. The highest BCUT2D eigenvalue weighted by Crippen LogP contribution is 2.52. The first-order valence-corrected chi connectivity index (χ1v) is 9.57. The molecule has 0 aromatic rings. The summed E-state index contributed by atoms with van der Waals surface area (Å²) in [5, 5.41) is 0. The van der Waals surface area contributed by atoms with Gasteiger partial charge in [0.15, 0.2) is 0 Å². The highest BCUT2D eigenvalue weighted by atomic mass is 33.4.